The minimum Gasteiger partial charge on any atom is -0.365 e. The molecule has 0 spiro atoms. The molecule has 27 heavy (non-hydrogen) atoms. The molecule has 3 aromatic heterocycles. The molecule has 0 amide bonds. The average molecular weight is 373 g/mol. The van der Waals surface area contributed by atoms with Crippen LogP contribution in [0, 0.1) is 0 Å². The standard InChI is InChI=1S/C20H15N5OS/c26-20-24-15-7-6-12(8-16(15)25-20)10-21-18-14-9-17(13-4-2-1-3-5-13)27-19(14)23-11-22-18/h1-9,11H,10H2,(H,21,22,23)(H2,24,25,26). The highest BCUT2D eigenvalue weighted by molar-refractivity contribution is 7.21. The van der Waals surface area contributed by atoms with E-state index in [4.69, 9.17) is 0 Å². The summed E-state index contributed by atoms with van der Waals surface area (Å²) in [5.41, 5.74) is 3.64. The van der Waals surface area contributed by atoms with Gasteiger partial charge in [-0.15, -0.1) is 11.3 Å². The second kappa shape index (κ2) is 6.37. The molecule has 0 fully saturated rings. The van der Waals surface area contributed by atoms with Crippen LogP contribution in [-0.2, 0) is 6.54 Å². The molecule has 0 bridgehead atoms. The molecule has 6 nitrogen and oxygen atoms in total. The lowest BCUT2D eigenvalue weighted by Gasteiger charge is -2.06. The van der Waals surface area contributed by atoms with Crippen LogP contribution < -0.4 is 11.0 Å². The van der Waals surface area contributed by atoms with Crippen LogP contribution in [0.4, 0.5) is 5.82 Å². The van der Waals surface area contributed by atoms with Gasteiger partial charge < -0.3 is 15.3 Å². The summed E-state index contributed by atoms with van der Waals surface area (Å²) in [6.45, 7) is 0.603. The molecule has 0 atom stereocenters. The van der Waals surface area contributed by atoms with Crippen molar-refractivity contribution in [2.45, 2.75) is 6.54 Å². The number of H-pyrrole nitrogens is 2. The van der Waals surface area contributed by atoms with Crippen molar-refractivity contribution < 1.29 is 0 Å². The number of fused-ring (bicyclic) bond motifs is 2. The number of aromatic amines is 2. The van der Waals surface area contributed by atoms with Gasteiger partial charge in [0.25, 0.3) is 0 Å². The summed E-state index contributed by atoms with van der Waals surface area (Å²) >= 11 is 1.66. The summed E-state index contributed by atoms with van der Waals surface area (Å²) in [6.07, 6.45) is 1.59. The second-order valence-corrected chi connectivity index (χ2v) is 7.26. The third-order valence-corrected chi connectivity index (χ3v) is 5.52. The molecule has 0 aliphatic carbocycles. The monoisotopic (exact) mass is 373 g/mol. The van der Waals surface area contributed by atoms with Crippen LogP contribution in [0.2, 0.25) is 0 Å². The van der Waals surface area contributed by atoms with Gasteiger partial charge in [-0.3, -0.25) is 0 Å². The van der Waals surface area contributed by atoms with E-state index in [1.54, 1.807) is 17.7 Å². The van der Waals surface area contributed by atoms with Crippen molar-refractivity contribution in [3.05, 3.63) is 77.0 Å². The Kier molecular flexibility index (Phi) is 3.72. The Morgan fingerprint density at radius 3 is 2.70 bits per heavy atom. The minimum absolute atomic E-state index is 0.195. The largest absolute Gasteiger partial charge is 0.365 e. The summed E-state index contributed by atoms with van der Waals surface area (Å²) in [4.78, 5) is 27.9. The number of hydrogen-bond acceptors (Lipinski definition) is 5. The van der Waals surface area contributed by atoms with Gasteiger partial charge in [-0.05, 0) is 29.3 Å². The zero-order valence-electron chi connectivity index (χ0n) is 14.2. The molecule has 0 unspecified atom stereocenters. The molecule has 0 saturated carbocycles. The van der Waals surface area contributed by atoms with Gasteiger partial charge in [-0.2, -0.15) is 0 Å². The highest BCUT2D eigenvalue weighted by atomic mass is 32.1. The lowest BCUT2D eigenvalue weighted by molar-refractivity contribution is 1.11. The first-order valence-electron chi connectivity index (χ1n) is 8.51. The Labute approximate surface area is 157 Å². The quantitative estimate of drug-likeness (QED) is 0.442. The number of benzene rings is 2. The molecule has 3 N–H and O–H groups in total. The normalized spacial score (nSPS) is 11.3. The molecule has 132 valence electrons. The van der Waals surface area contributed by atoms with Gasteiger partial charge in [0, 0.05) is 11.4 Å². The summed E-state index contributed by atoms with van der Waals surface area (Å²) < 4.78 is 0. The Bertz CT molecular complexity index is 1300. The van der Waals surface area contributed by atoms with E-state index in [2.05, 4.69) is 43.5 Å². The highest BCUT2D eigenvalue weighted by Crippen LogP contribution is 2.34. The molecule has 7 heteroatoms. The summed E-state index contributed by atoms with van der Waals surface area (Å²) in [7, 11) is 0. The third-order valence-electron chi connectivity index (χ3n) is 4.43. The number of thiophene rings is 1. The Morgan fingerprint density at radius 1 is 0.963 bits per heavy atom. The third kappa shape index (κ3) is 2.98. The van der Waals surface area contributed by atoms with Gasteiger partial charge in [0.2, 0.25) is 0 Å². The molecule has 3 heterocycles. The van der Waals surface area contributed by atoms with Crippen molar-refractivity contribution in [2.75, 3.05) is 5.32 Å². The van der Waals surface area contributed by atoms with Gasteiger partial charge >= 0.3 is 5.69 Å². The lowest BCUT2D eigenvalue weighted by atomic mass is 10.2. The Hall–Kier alpha value is -3.45. The summed E-state index contributed by atoms with van der Waals surface area (Å²) in [6, 6.07) is 18.2. The van der Waals surface area contributed by atoms with Crippen LogP contribution in [0.5, 0.6) is 0 Å². The topological polar surface area (TPSA) is 86.5 Å². The number of hydrogen-bond donors (Lipinski definition) is 3. The van der Waals surface area contributed by atoms with E-state index >= 15 is 0 Å². The van der Waals surface area contributed by atoms with Crippen molar-refractivity contribution in [3.8, 4) is 10.4 Å². The first kappa shape index (κ1) is 15.8. The first-order valence-corrected chi connectivity index (χ1v) is 9.33. The minimum atomic E-state index is -0.195. The van der Waals surface area contributed by atoms with Crippen LogP contribution in [0.15, 0.2) is 65.7 Å². The number of nitrogens with zero attached hydrogens (tertiary/aromatic N) is 2. The highest BCUT2D eigenvalue weighted by Gasteiger charge is 2.10. The Morgan fingerprint density at radius 2 is 1.81 bits per heavy atom. The van der Waals surface area contributed by atoms with Gasteiger partial charge in [-0.25, -0.2) is 14.8 Å². The smallest absolute Gasteiger partial charge is 0.323 e. The number of anilines is 1. The van der Waals surface area contributed by atoms with Crippen LogP contribution in [-0.4, -0.2) is 19.9 Å². The molecule has 0 aliphatic rings. The molecule has 5 aromatic rings. The van der Waals surface area contributed by atoms with E-state index in [-0.39, 0.29) is 5.69 Å². The van der Waals surface area contributed by atoms with E-state index < -0.39 is 0 Å². The number of aromatic nitrogens is 4. The molecule has 0 radical (unpaired) electrons. The number of imidazole rings is 1. The van der Waals surface area contributed by atoms with Gasteiger partial charge in [0.15, 0.2) is 0 Å². The second-order valence-electron chi connectivity index (χ2n) is 6.23. The predicted octanol–water partition coefficient (Wildman–Crippen LogP) is 4.14. The van der Waals surface area contributed by atoms with Gasteiger partial charge in [0.1, 0.15) is 17.0 Å². The molecule has 0 aliphatic heterocycles. The molecular weight excluding hydrogens is 358 g/mol. The van der Waals surface area contributed by atoms with E-state index in [1.165, 1.54) is 10.4 Å². The fourth-order valence-corrected chi connectivity index (χ4v) is 4.12. The molecule has 2 aromatic carbocycles. The van der Waals surface area contributed by atoms with E-state index in [1.807, 2.05) is 36.4 Å². The van der Waals surface area contributed by atoms with Crippen molar-refractivity contribution in [1.29, 1.82) is 0 Å². The predicted molar refractivity (Wildman–Crippen MR) is 109 cm³/mol. The van der Waals surface area contributed by atoms with Crippen molar-refractivity contribution in [3.63, 3.8) is 0 Å². The fourth-order valence-electron chi connectivity index (χ4n) is 3.12. The summed E-state index contributed by atoms with van der Waals surface area (Å²) in [5.74, 6) is 0.807. The SMILES string of the molecule is O=c1[nH]c2ccc(CNc3ncnc4sc(-c5ccccc5)cc34)cc2[nH]1. The zero-order valence-corrected chi connectivity index (χ0v) is 15.0. The van der Waals surface area contributed by atoms with Crippen LogP contribution in [0.1, 0.15) is 5.56 Å². The van der Waals surface area contributed by atoms with Crippen molar-refractivity contribution in [1.82, 2.24) is 19.9 Å². The average Bonchev–Trinajstić information content (AvgIpc) is 3.29. The van der Waals surface area contributed by atoms with E-state index in [0.717, 1.165) is 32.6 Å². The van der Waals surface area contributed by atoms with Crippen LogP contribution >= 0.6 is 11.3 Å². The van der Waals surface area contributed by atoms with Crippen LogP contribution in [0.25, 0.3) is 31.7 Å². The molecule has 0 saturated heterocycles. The maximum absolute atomic E-state index is 11.4. The maximum Gasteiger partial charge on any atom is 0.323 e. The van der Waals surface area contributed by atoms with E-state index in [9.17, 15) is 4.79 Å². The Balaban J connectivity index is 1.45. The number of rotatable bonds is 4. The van der Waals surface area contributed by atoms with Crippen LogP contribution in [0.3, 0.4) is 0 Å². The molecule has 5 rings (SSSR count). The van der Waals surface area contributed by atoms with E-state index in [0.29, 0.717) is 6.54 Å². The maximum atomic E-state index is 11.4. The summed E-state index contributed by atoms with van der Waals surface area (Å²) in [5, 5.41) is 4.41. The van der Waals surface area contributed by atoms with Crippen molar-refractivity contribution in [2.24, 2.45) is 0 Å². The molecular formula is C20H15N5OS. The lowest BCUT2D eigenvalue weighted by Crippen LogP contribution is -2.02. The van der Waals surface area contributed by atoms with Gasteiger partial charge in [0.05, 0.1) is 16.4 Å². The first-order chi connectivity index (χ1) is 13.3. The van der Waals surface area contributed by atoms with Gasteiger partial charge in [-0.1, -0.05) is 36.4 Å². The number of nitrogens with one attached hydrogen (secondary N) is 3. The van der Waals surface area contributed by atoms with Crippen molar-refractivity contribution >= 4 is 38.4 Å². The fraction of sp³-hybridized carbons (Fsp3) is 0.0500. The zero-order chi connectivity index (χ0) is 18.2.